The van der Waals surface area contributed by atoms with E-state index in [9.17, 15) is 4.79 Å². The maximum Gasteiger partial charge on any atom is 0.225 e. The number of anilines is 1. The Balaban J connectivity index is 1.90. The van der Waals surface area contributed by atoms with Crippen LogP contribution in [-0.4, -0.2) is 16.6 Å². The van der Waals surface area contributed by atoms with Gasteiger partial charge in [-0.2, -0.15) is 5.26 Å². The van der Waals surface area contributed by atoms with Crippen LogP contribution in [0.3, 0.4) is 0 Å². The molecule has 4 nitrogen and oxygen atoms in total. The van der Waals surface area contributed by atoms with Crippen LogP contribution in [0.4, 0.5) is 5.69 Å². The molecule has 0 bridgehead atoms. The molecule has 0 unspecified atom stereocenters. The van der Waals surface area contributed by atoms with Crippen molar-refractivity contribution in [1.29, 1.82) is 5.26 Å². The molecular formula is C16H13Cl2N3OS. The van der Waals surface area contributed by atoms with E-state index in [1.54, 1.807) is 30.3 Å². The number of hydrogen-bond donors (Lipinski definition) is 1. The van der Waals surface area contributed by atoms with Crippen molar-refractivity contribution in [3.63, 3.8) is 0 Å². The number of benzene rings is 1. The van der Waals surface area contributed by atoms with Gasteiger partial charge in [0.2, 0.25) is 5.91 Å². The first-order valence-electron chi connectivity index (χ1n) is 6.75. The largest absolute Gasteiger partial charge is 0.325 e. The first kappa shape index (κ1) is 17.6. The van der Waals surface area contributed by atoms with Gasteiger partial charge in [-0.25, -0.2) is 4.98 Å². The Morgan fingerprint density at radius 3 is 2.83 bits per heavy atom. The maximum atomic E-state index is 12.0. The second kappa shape index (κ2) is 8.21. The van der Waals surface area contributed by atoms with E-state index in [1.165, 1.54) is 11.8 Å². The second-order valence-corrected chi connectivity index (χ2v) is 6.62. The zero-order valence-corrected chi connectivity index (χ0v) is 14.6. The first-order chi connectivity index (χ1) is 11.0. The minimum absolute atomic E-state index is 0.159. The predicted octanol–water partition coefficient (Wildman–Crippen LogP) is 4.69. The number of rotatable bonds is 5. The van der Waals surface area contributed by atoms with Crippen molar-refractivity contribution in [2.75, 3.05) is 11.1 Å². The lowest BCUT2D eigenvalue weighted by atomic mass is 10.3. The van der Waals surface area contributed by atoms with Crippen LogP contribution in [0, 0.1) is 18.3 Å². The minimum atomic E-state index is -0.159. The second-order valence-electron chi connectivity index (χ2n) is 4.69. The minimum Gasteiger partial charge on any atom is -0.325 e. The Morgan fingerprint density at radius 2 is 2.13 bits per heavy atom. The van der Waals surface area contributed by atoms with Crippen molar-refractivity contribution >= 4 is 46.6 Å². The van der Waals surface area contributed by atoms with Crippen LogP contribution in [0.25, 0.3) is 0 Å². The molecule has 0 radical (unpaired) electrons. The summed E-state index contributed by atoms with van der Waals surface area (Å²) in [7, 11) is 0. The number of aromatic nitrogens is 1. The molecule has 0 atom stereocenters. The monoisotopic (exact) mass is 365 g/mol. The summed E-state index contributed by atoms with van der Waals surface area (Å²) in [6.07, 6.45) is 0.282. The highest BCUT2D eigenvalue weighted by atomic mass is 35.5. The Kier molecular flexibility index (Phi) is 6.28. The molecule has 0 fully saturated rings. The molecule has 1 aromatic carbocycles. The fourth-order valence-corrected chi connectivity index (χ4v) is 3.19. The zero-order chi connectivity index (χ0) is 16.8. The van der Waals surface area contributed by atoms with Gasteiger partial charge in [-0.05, 0) is 37.3 Å². The standard InChI is InChI=1S/C16H13Cl2N3OS/c1-10-2-3-11(9-19)16(20-10)23-7-6-15(22)21-14-5-4-12(17)8-13(14)18/h2-5,8H,6-7H2,1H3,(H,21,22). The summed E-state index contributed by atoms with van der Waals surface area (Å²) < 4.78 is 0. The van der Waals surface area contributed by atoms with Crippen LogP contribution in [0.15, 0.2) is 35.4 Å². The number of nitriles is 1. The van der Waals surface area contributed by atoms with Gasteiger partial charge in [0.05, 0.1) is 16.3 Å². The molecule has 1 amide bonds. The quantitative estimate of drug-likeness (QED) is 0.780. The van der Waals surface area contributed by atoms with Gasteiger partial charge in [-0.15, -0.1) is 11.8 Å². The molecule has 0 saturated heterocycles. The van der Waals surface area contributed by atoms with Crippen LogP contribution in [0.2, 0.25) is 10.0 Å². The number of carbonyl (C=O) groups excluding carboxylic acids is 1. The summed E-state index contributed by atoms with van der Waals surface area (Å²) in [5.74, 6) is 0.357. The lowest BCUT2D eigenvalue weighted by Crippen LogP contribution is -2.12. The van der Waals surface area contributed by atoms with Crippen LogP contribution in [-0.2, 0) is 4.79 Å². The molecule has 1 aromatic heterocycles. The molecule has 2 rings (SSSR count). The number of thioether (sulfide) groups is 1. The van der Waals surface area contributed by atoms with Gasteiger partial charge in [0.1, 0.15) is 11.1 Å². The van der Waals surface area contributed by atoms with Crippen molar-refractivity contribution in [3.05, 3.63) is 51.6 Å². The maximum absolute atomic E-state index is 12.0. The third-order valence-electron chi connectivity index (χ3n) is 2.89. The average Bonchev–Trinajstić information content (AvgIpc) is 2.50. The first-order valence-corrected chi connectivity index (χ1v) is 8.49. The highest BCUT2D eigenvalue weighted by Crippen LogP contribution is 2.26. The van der Waals surface area contributed by atoms with Crippen molar-refractivity contribution in [2.45, 2.75) is 18.4 Å². The number of nitrogens with zero attached hydrogens (tertiary/aromatic N) is 2. The number of amides is 1. The molecule has 1 heterocycles. The van der Waals surface area contributed by atoms with Gasteiger partial charge >= 0.3 is 0 Å². The highest BCUT2D eigenvalue weighted by Gasteiger charge is 2.09. The van der Waals surface area contributed by atoms with Crippen LogP contribution in [0.5, 0.6) is 0 Å². The summed E-state index contributed by atoms with van der Waals surface area (Å²) in [5, 5.41) is 13.3. The van der Waals surface area contributed by atoms with Gasteiger partial charge in [-0.3, -0.25) is 4.79 Å². The van der Waals surface area contributed by atoms with E-state index in [0.29, 0.717) is 32.1 Å². The summed E-state index contributed by atoms with van der Waals surface area (Å²) in [6, 6.07) is 10.5. The Labute approximate surface area is 148 Å². The molecule has 23 heavy (non-hydrogen) atoms. The molecule has 7 heteroatoms. The summed E-state index contributed by atoms with van der Waals surface area (Å²) in [4.78, 5) is 16.3. The SMILES string of the molecule is Cc1ccc(C#N)c(SCCC(=O)Nc2ccc(Cl)cc2Cl)n1. The Morgan fingerprint density at radius 1 is 1.35 bits per heavy atom. The number of hydrogen-bond acceptors (Lipinski definition) is 4. The Bertz CT molecular complexity index is 774. The van der Waals surface area contributed by atoms with Gasteiger partial charge < -0.3 is 5.32 Å². The third kappa shape index (κ3) is 5.14. The van der Waals surface area contributed by atoms with Crippen LogP contribution >= 0.6 is 35.0 Å². The molecule has 0 aliphatic heterocycles. The average molecular weight is 366 g/mol. The molecule has 0 aliphatic carbocycles. The van der Waals surface area contributed by atoms with E-state index < -0.39 is 0 Å². The molecule has 0 saturated carbocycles. The predicted molar refractivity (Wildman–Crippen MR) is 94.1 cm³/mol. The van der Waals surface area contributed by atoms with E-state index in [-0.39, 0.29) is 12.3 Å². The number of nitrogens with one attached hydrogen (secondary N) is 1. The van der Waals surface area contributed by atoms with E-state index in [1.807, 2.05) is 6.92 Å². The molecule has 2 aromatic rings. The lowest BCUT2D eigenvalue weighted by molar-refractivity contribution is -0.115. The van der Waals surface area contributed by atoms with Crippen LogP contribution in [0.1, 0.15) is 17.7 Å². The fourth-order valence-electron chi connectivity index (χ4n) is 1.77. The molecule has 1 N–H and O–H groups in total. The Hall–Kier alpha value is -1.74. The molecular weight excluding hydrogens is 353 g/mol. The summed E-state index contributed by atoms with van der Waals surface area (Å²) >= 11 is 13.2. The van der Waals surface area contributed by atoms with Crippen molar-refractivity contribution < 1.29 is 4.79 Å². The smallest absolute Gasteiger partial charge is 0.225 e. The summed E-state index contributed by atoms with van der Waals surface area (Å²) in [5.41, 5.74) is 1.88. The van der Waals surface area contributed by atoms with Gasteiger partial charge in [0.25, 0.3) is 0 Å². The van der Waals surface area contributed by atoms with E-state index >= 15 is 0 Å². The van der Waals surface area contributed by atoms with E-state index in [4.69, 9.17) is 28.5 Å². The van der Waals surface area contributed by atoms with Crippen LogP contribution < -0.4 is 5.32 Å². The topological polar surface area (TPSA) is 65.8 Å². The number of carbonyl (C=O) groups is 1. The number of pyridine rings is 1. The van der Waals surface area contributed by atoms with Crippen molar-refractivity contribution in [2.24, 2.45) is 0 Å². The van der Waals surface area contributed by atoms with Gasteiger partial charge in [0, 0.05) is 22.9 Å². The van der Waals surface area contributed by atoms with Crippen molar-refractivity contribution in [3.8, 4) is 6.07 Å². The summed E-state index contributed by atoms with van der Waals surface area (Å²) in [6.45, 7) is 1.86. The van der Waals surface area contributed by atoms with Gasteiger partial charge in [0.15, 0.2) is 0 Å². The third-order valence-corrected chi connectivity index (χ3v) is 4.43. The fraction of sp³-hybridized carbons (Fsp3) is 0.188. The molecule has 0 aliphatic rings. The normalized spacial score (nSPS) is 10.2. The number of aryl methyl sites for hydroxylation is 1. The van der Waals surface area contributed by atoms with Gasteiger partial charge in [-0.1, -0.05) is 23.2 Å². The number of halogens is 2. The van der Waals surface area contributed by atoms with Crippen molar-refractivity contribution in [1.82, 2.24) is 4.98 Å². The highest BCUT2D eigenvalue weighted by molar-refractivity contribution is 7.99. The molecule has 118 valence electrons. The lowest BCUT2D eigenvalue weighted by Gasteiger charge is -2.08. The van der Waals surface area contributed by atoms with E-state index in [2.05, 4.69) is 16.4 Å². The molecule has 0 spiro atoms. The zero-order valence-electron chi connectivity index (χ0n) is 12.3. The van der Waals surface area contributed by atoms with E-state index in [0.717, 1.165) is 5.69 Å².